The van der Waals surface area contributed by atoms with E-state index < -0.39 is 63.3 Å². The molecule has 0 spiro atoms. The van der Waals surface area contributed by atoms with Crippen molar-refractivity contribution in [1.29, 1.82) is 0 Å². The molecule has 1 saturated carbocycles. The third kappa shape index (κ3) is 8.47. The number of nitrogens with one attached hydrogen (secondary N) is 3. The number of aromatic nitrogens is 1. The number of amides is 4. The van der Waals surface area contributed by atoms with Crippen LogP contribution in [0.25, 0.3) is 16.8 Å². The number of carbonyl (C=O) groups is 4. The Morgan fingerprint density at radius 2 is 2.04 bits per heavy atom. The number of allylic oxidation sites excluding steroid dienone is 1. The van der Waals surface area contributed by atoms with Gasteiger partial charge in [0.1, 0.15) is 24.2 Å². The van der Waals surface area contributed by atoms with Crippen LogP contribution >= 0.6 is 0 Å². The van der Waals surface area contributed by atoms with Gasteiger partial charge >= 0.3 is 6.09 Å². The smallest absolute Gasteiger partial charge is 0.407 e. The predicted octanol–water partition coefficient (Wildman–Crippen LogP) is 2.95. The van der Waals surface area contributed by atoms with Gasteiger partial charge in [-0.3, -0.25) is 19.1 Å². The minimum atomic E-state index is -3.86. The molecule has 3 heterocycles. The summed E-state index contributed by atoms with van der Waals surface area (Å²) >= 11 is 0. The zero-order chi connectivity index (χ0) is 33.6. The molecule has 47 heavy (non-hydrogen) atoms. The van der Waals surface area contributed by atoms with Gasteiger partial charge in [0.15, 0.2) is 0 Å². The number of sulfonamides is 1. The van der Waals surface area contributed by atoms with E-state index in [0.717, 1.165) is 16.3 Å². The lowest BCUT2D eigenvalue weighted by Crippen LogP contribution is -2.56. The monoisotopic (exact) mass is 667 g/mol. The van der Waals surface area contributed by atoms with E-state index >= 15 is 0 Å². The zero-order valence-electron chi connectivity index (χ0n) is 26.4. The molecular weight excluding hydrogens is 626 g/mol. The molecule has 2 fully saturated rings. The quantitative estimate of drug-likeness (QED) is 0.340. The van der Waals surface area contributed by atoms with E-state index in [4.69, 9.17) is 9.47 Å². The standard InChI is InChI=1S/C33H41N5O8S/c1-3-8-26(29(39)37-47(43,44)24-13-14-24)35-30(40)28-19-23-20-38(28)32(41)27(9-4-2)36-33(42)45-17-7-5-6-10-21-11-12-22-15-16-34-31(46-23)25(22)18-21/h3,6,10-12,15-16,18,23-24,26-28H,1,4-5,7-9,13-14,17,19-20H2,2H3,(H,35,40)(H,36,42)(H,37,39)/b10-6+/t23-,26?,27+,28+/m1/s1. The highest BCUT2D eigenvalue weighted by Crippen LogP contribution is 2.30. The first-order chi connectivity index (χ1) is 22.6. The number of fused-ring (bicyclic) bond motifs is 3. The lowest BCUT2D eigenvalue weighted by Gasteiger charge is -2.29. The van der Waals surface area contributed by atoms with Crippen LogP contribution in [-0.4, -0.2) is 84.7 Å². The minimum Gasteiger partial charge on any atom is -0.472 e. The summed E-state index contributed by atoms with van der Waals surface area (Å²) in [6, 6.07) is 4.43. The molecule has 13 nitrogen and oxygen atoms in total. The van der Waals surface area contributed by atoms with E-state index in [1.165, 1.54) is 11.0 Å². The molecule has 0 radical (unpaired) electrons. The number of cyclic esters (lactones) is 1. The fraction of sp³-hybridized carbons (Fsp3) is 0.485. The van der Waals surface area contributed by atoms with Gasteiger partial charge in [-0.25, -0.2) is 18.2 Å². The van der Waals surface area contributed by atoms with Crippen molar-refractivity contribution in [3.8, 4) is 5.88 Å². The maximum absolute atomic E-state index is 14.0. The molecule has 3 aliphatic rings. The van der Waals surface area contributed by atoms with Gasteiger partial charge in [0.25, 0.3) is 5.91 Å². The second-order valence-corrected chi connectivity index (χ2v) is 14.0. The minimum absolute atomic E-state index is 0.0000955. The number of hydrogen-bond donors (Lipinski definition) is 3. The number of ether oxygens (including phenoxy) is 2. The molecule has 252 valence electrons. The second-order valence-electron chi connectivity index (χ2n) is 12.0. The third-order valence-electron chi connectivity index (χ3n) is 8.35. The first-order valence-corrected chi connectivity index (χ1v) is 17.6. The Labute approximate surface area is 274 Å². The van der Waals surface area contributed by atoms with Crippen molar-refractivity contribution in [2.75, 3.05) is 13.2 Å². The van der Waals surface area contributed by atoms with Gasteiger partial charge in [0.2, 0.25) is 27.7 Å². The van der Waals surface area contributed by atoms with Crippen LogP contribution in [0.4, 0.5) is 4.79 Å². The van der Waals surface area contributed by atoms with Gasteiger partial charge in [-0.15, -0.1) is 6.58 Å². The Morgan fingerprint density at radius 3 is 2.79 bits per heavy atom. The molecule has 4 amide bonds. The highest BCUT2D eigenvalue weighted by molar-refractivity contribution is 7.90. The van der Waals surface area contributed by atoms with Gasteiger partial charge in [0, 0.05) is 18.0 Å². The van der Waals surface area contributed by atoms with E-state index in [0.29, 0.717) is 44.4 Å². The van der Waals surface area contributed by atoms with Crippen LogP contribution in [0.1, 0.15) is 63.9 Å². The van der Waals surface area contributed by atoms with E-state index in [9.17, 15) is 27.6 Å². The summed E-state index contributed by atoms with van der Waals surface area (Å²) in [6.45, 7) is 5.66. The molecule has 1 unspecified atom stereocenters. The number of carbonyl (C=O) groups excluding carboxylic acids is 4. The molecule has 14 heteroatoms. The Kier molecular flexibility index (Phi) is 10.8. The number of rotatable bonds is 9. The Balaban J connectivity index is 1.44. The fourth-order valence-electron chi connectivity index (χ4n) is 5.74. The molecule has 2 aliphatic heterocycles. The van der Waals surface area contributed by atoms with Crippen molar-refractivity contribution in [2.24, 2.45) is 0 Å². The molecule has 1 aliphatic carbocycles. The summed E-state index contributed by atoms with van der Waals surface area (Å²) in [6.07, 6.45) is 8.64. The van der Waals surface area contributed by atoms with Gasteiger partial charge in [-0.2, -0.15) is 0 Å². The number of nitrogens with zero attached hydrogens (tertiary/aromatic N) is 2. The molecule has 4 bridgehead atoms. The molecular formula is C33H41N5O8S. The normalized spacial score (nSPS) is 23.4. The number of pyridine rings is 1. The lowest BCUT2D eigenvalue weighted by molar-refractivity contribution is -0.140. The number of hydrogen-bond acceptors (Lipinski definition) is 9. The topological polar surface area (TPSA) is 173 Å². The van der Waals surface area contributed by atoms with Crippen molar-refractivity contribution in [3.05, 3.63) is 54.8 Å². The van der Waals surface area contributed by atoms with Crippen LogP contribution in [0.15, 0.2) is 49.2 Å². The summed E-state index contributed by atoms with van der Waals surface area (Å²) in [5.74, 6) is -1.71. The van der Waals surface area contributed by atoms with E-state index in [1.807, 2.05) is 43.3 Å². The van der Waals surface area contributed by atoms with Crippen molar-refractivity contribution < 1.29 is 37.1 Å². The van der Waals surface area contributed by atoms with Crippen molar-refractivity contribution >= 4 is 50.7 Å². The summed E-state index contributed by atoms with van der Waals surface area (Å²) in [7, 11) is -3.86. The van der Waals surface area contributed by atoms with Crippen LogP contribution in [0.2, 0.25) is 0 Å². The molecule has 3 N–H and O–H groups in total. The second kappa shape index (κ2) is 15.0. The Morgan fingerprint density at radius 1 is 1.23 bits per heavy atom. The summed E-state index contributed by atoms with van der Waals surface area (Å²) in [5.41, 5.74) is 0.924. The van der Waals surface area contributed by atoms with Crippen LogP contribution in [0.5, 0.6) is 5.88 Å². The molecule has 2 aromatic rings. The third-order valence-corrected chi connectivity index (χ3v) is 10.2. The predicted molar refractivity (Wildman–Crippen MR) is 175 cm³/mol. The molecule has 4 atom stereocenters. The van der Waals surface area contributed by atoms with E-state index in [1.54, 1.807) is 6.20 Å². The first-order valence-electron chi connectivity index (χ1n) is 16.0. The zero-order valence-corrected chi connectivity index (χ0v) is 27.2. The maximum Gasteiger partial charge on any atom is 0.407 e. The van der Waals surface area contributed by atoms with Crippen molar-refractivity contribution in [2.45, 2.75) is 87.8 Å². The van der Waals surface area contributed by atoms with Crippen molar-refractivity contribution in [3.63, 3.8) is 0 Å². The summed E-state index contributed by atoms with van der Waals surface area (Å²) in [4.78, 5) is 59.3. The maximum atomic E-state index is 14.0. The SMILES string of the molecule is C=CCC(NC(=O)[C@@H]1C[C@@H]2CN1C(=O)[C@H](CCC)NC(=O)OCCC/C=C/c1ccc3ccnc(c3c1)O2)C(=O)NS(=O)(=O)C1CC1. The fourth-order valence-corrected chi connectivity index (χ4v) is 7.09. The lowest BCUT2D eigenvalue weighted by atomic mass is 10.1. The molecule has 1 aromatic heterocycles. The highest BCUT2D eigenvalue weighted by Gasteiger charge is 2.44. The summed E-state index contributed by atoms with van der Waals surface area (Å²) < 4.78 is 38.7. The van der Waals surface area contributed by atoms with Gasteiger partial charge in [0.05, 0.1) is 18.4 Å². The van der Waals surface area contributed by atoms with Crippen LogP contribution in [0, 0.1) is 0 Å². The molecule has 1 aromatic carbocycles. The molecule has 1 saturated heterocycles. The van der Waals surface area contributed by atoms with E-state index in [-0.39, 0.29) is 26.0 Å². The summed E-state index contributed by atoms with van der Waals surface area (Å²) in [5, 5.41) is 6.33. The van der Waals surface area contributed by atoms with Crippen LogP contribution in [0.3, 0.4) is 0 Å². The van der Waals surface area contributed by atoms with Crippen LogP contribution in [-0.2, 0) is 29.1 Å². The van der Waals surface area contributed by atoms with Gasteiger partial charge in [-0.1, -0.05) is 43.7 Å². The number of benzene rings is 1. The van der Waals surface area contributed by atoms with Crippen LogP contribution < -0.4 is 20.1 Å². The average Bonchev–Trinajstić information content (AvgIpc) is 3.83. The van der Waals surface area contributed by atoms with Gasteiger partial charge < -0.3 is 25.0 Å². The highest BCUT2D eigenvalue weighted by atomic mass is 32.2. The van der Waals surface area contributed by atoms with Crippen molar-refractivity contribution in [1.82, 2.24) is 25.2 Å². The van der Waals surface area contributed by atoms with Gasteiger partial charge in [-0.05, 0) is 61.6 Å². The van der Waals surface area contributed by atoms with E-state index in [2.05, 4.69) is 26.9 Å². The average molecular weight is 668 g/mol. The largest absolute Gasteiger partial charge is 0.472 e. The first kappa shape index (κ1) is 33.9. The molecule has 5 rings (SSSR count). The Bertz CT molecular complexity index is 1660. The number of alkyl carbamates (subject to hydrolysis) is 1. The Hall–Kier alpha value is -4.46.